The van der Waals surface area contributed by atoms with Crippen LogP contribution in [0.2, 0.25) is 0 Å². The number of morpholine rings is 1. The van der Waals surface area contributed by atoms with Gasteiger partial charge in [0.25, 0.3) is 0 Å². The van der Waals surface area contributed by atoms with Crippen LogP contribution in [0.3, 0.4) is 0 Å². The van der Waals surface area contributed by atoms with Gasteiger partial charge in [-0.3, -0.25) is 9.89 Å². The van der Waals surface area contributed by atoms with Crippen molar-refractivity contribution in [3.8, 4) is 11.5 Å². The van der Waals surface area contributed by atoms with Gasteiger partial charge in [-0.1, -0.05) is 25.3 Å². The SMILES string of the molecule is CN=C(NCc1ccc2c(c1)OCCCO2)NCC1(N2CCOCC2)CCCCC1.I. The molecule has 1 aromatic carbocycles. The summed E-state index contributed by atoms with van der Waals surface area (Å²) in [7, 11) is 1.84. The maximum atomic E-state index is 5.82. The highest BCUT2D eigenvalue weighted by Crippen LogP contribution is 2.34. The van der Waals surface area contributed by atoms with E-state index < -0.39 is 0 Å². The summed E-state index contributed by atoms with van der Waals surface area (Å²) in [6.45, 7) is 6.80. The van der Waals surface area contributed by atoms with Crippen molar-refractivity contribution in [2.24, 2.45) is 4.99 Å². The lowest BCUT2D eigenvalue weighted by molar-refractivity contribution is -0.0352. The molecule has 1 saturated carbocycles. The van der Waals surface area contributed by atoms with Gasteiger partial charge in [0.2, 0.25) is 0 Å². The van der Waals surface area contributed by atoms with Crippen molar-refractivity contribution >= 4 is 29.9 Å². The van der Waals surface area contributed by atoms with Gasteiger partial charge in [0.05, 0.1) is 26.4 Å². The Bertz CT molecular complexity index is 719. The molecule has 3 aliphatic rings. The maximum Gasteiger partial charge on any atom is 0.191 e. The van der Waals surface area contributed by atoms with Gasteiger partial charge in [0, 0.05) is 45.2 Å². The molecule has 0 radical (unpaired) electrons. The molecule has 2 heterocycles. The monoisotopic (exact) mass is 544 g/mol. The van der Waals surface area contributed by atoms with Crippen molar-refractivity contribution in [2.45, 2.75) is 50.6 Å². The first-order valence-corrected chi connectivity index (χ1v) is 11.4. The highest BCUT2D eigenvalue weighted by molar-refractivity contribution is 14.0. The fourth-order valence-corrected chi connectivity index (χ4v) is 4.82. The van der Waals surface area contributed by atoms with Crippen LogP contribution in [0.5, 0.6) is 11.5 Å². The predicted molar refractivity (Wildman–Crippen MR) is 134 cm³/mol. The first kappa shape index (κ1) is 24.4. The molecule has 7 nitrogen and oxygen atoms in total. The normalized spacial score (nSPS) is 21.5. The topological polar surface area (TPSA) is 67.4 Å². The van der Waals surface area contributed by atoms with Crippen molar-refractivity contribution in [3.63, 3.8) is 0 Å². The van der Waals surface area contributed by atoms with E-state index in [1.165, 1.54) is 32.1 Å². The maximum absolute atomic E-state index is 5.82. The van der Waals surface area contributed by atoms with Crippen LogP contribution in [-0.2, 0) is 11.3 Å². The Morgan fingerprint density at radius 3 is 2.45 bits per heavy atom. The minimum absolute atomic E-state index is 0. The Labute approximate surface area is 203 Å². The molecule has 1 saturated heterocycles. The first-order chi connectivity index (χ1) is 14.8. The second-order valence-electron chi connectivity index (χ2n) is 8.50. The van der Waals surface area contributed by atoms with Crippen LogP contribution >= 0.6 is 24.0 Å². The number of aliphatic imine (C=N–C) groups is 1. The van der Waals surface area contributed by atoms with E-state index in [2.05, 4.69) is 32.7 Å². The lowest BCUT2D eigenvalue weighted by Crippen LogP contribution is -2.60. The molecule has 2 fully saturated rings. The number of hydrogen-bond acceptors (Lipinski definition) is 5. The zero-order chi connectivity index (χ0) is 20.7. The largest absolute Gasteiger partial charge is 0.490 e. The number of fused-ring (bicyclic) bond motifs is 1. The lowest BCUT2D eigenvalue weighted by atomic mass is 9.80. The van der Waals surface area contributed by atoms with E-state index in [1.54, 1.807) is 0 Å². The summed E-state index contributed by atoms with van der Waals surface area (Å²) in [6, 6.07) is 6.16. The van der Waals surface area contributed by atoms with E-state index in [0.29, 0.717) is 19.8 Å². The average Bonchev–Trinajstić information content (AvgIpc) is 3.05. The van der Waals surface area contributed by atoms with E-state index in [4.69, 9.17) is 14.2 Å². The van der Waals surface area contributed by atoms with E-state index in [-0.39, 0.29) is 29.5 Å². The average molecular weight is 544 g/mol. The molecule has 0 bridgehead atoms. The highest BCUT2D eigenvalue weighted by Gasteiger charge is 2.38. The molecule has 2 aliphatic heterocycles. The van der Waals surface area contributed by atoms with Crippen LogP contribution in [0.25, 0.3) is 0 Å². The van der Waals surface area contributed by atoms with Gasteiger partial charge in [0.1, 0.15) is 0 Å². The van der Waals surface area contributed by atoms with Crippen LogP contribution in [-0.4, -0.2) is 69.5 Å². The summed E-state index contributed by atoms with van der Waals surface area (Å²) >= 11 is 0. The molecule has 2 N–H and O–H groups in total. The molecule has 1 aromatic rings. The molecule has 1 aliphatic carbocycles. The number of ether oxygens (including phenoxy) is 3. The molecule has 8 heteroatoms. The molecular formula is C23H37IN4O3. The van der Waals surface area contributed by atoms with Crippen LogP contribution < -0.4 is 20.1 Å². The molecule has 0 aromatic heterocycles. The number of benzene rings is 1. The summed E-state index contributed by atoms with van der Waals surface area (Å²) in [5, 5.41) is 7.09. The van der Waals surface area contributed by atoms with Gasteiger partial charge in [0.15, 0.2) is 17.5 Å². The number of nitrogens with one attached hydrogen (secondary N) is 2. The summed E-state index contributed by atoms with van der Waals surface area (Å²) in [4.78, 5) is 7.11. The third kappa shape index (κ3) is 6.38. The molecular weight excluding hydrogens is 507 g/mol. The second kappa shape index (κ2) is 12.1. The smallest absolute Gasteiger partial charge is 0.191 e. The van der Waals surface area contributed by atoms with E-state index >= 15 is 0 Å². The Kier molecular flexibility index (Phi) is 9.52. The van der Waals surface area contributed by atoms with Crippen LogP contribution in [0, 0.1) is 0 Å². The third-order valence-corrected chi connectivity index (χ3v) is 6.55. The van der Waals surface area contributed by atoms with Crippen molar-refractivity contribution in [2.75, 3.05) is 53.1 Å². The Morgan fingerprint density at radius 2 is 1.71 bits per heavy atom. The number of rotatable bonds is 5. The number of nitrogens with zero attached hydrogens (tertiary/aromatic N) is 2. The van der Waals surface area contributed by atoms with Crippen molar-refractivity contribution in [3.05, 3.63) is 23.8 Å². The molecule has 0 atom stereocenters. The Balaban J connectivity index is 0.00000272. The quantitative estimate of drug-likeness (QED) is 0.338. The van der Waals surface area contributed by atoms with Gasteiger partial charge in [-0.2, -0.15) is 0 Å². The molecule has 0 spiro atoms. The van der Waals surface area contributed by atoms with Crippen molar-refractivity contribution < 1.29 is 14.2 Å². The molecule has 174 valence electrons. The fourth-order valence-electron chi connectivity index (χ4n) is 4.82. The third-order valence-electron chi connectivity index (χ3n) is 6.55. The van der Waals surface area contributed by atoms with Gasteiger partial charge in [-0.25, -0.2) is 0 Å². The van der Waals surface area contributed by atoms with Gasteiger partial charge in [-0.05, 0) is 30.5 Å². The minimum Gasteiger partial charge on any atom is -0.490 e. The van der Waals surface area contributed by atoms with E-state index in [1.807, 2.05) is 13.1 Å². The molecule has 31 heavy (non-hydrogen) atoms. The fraction of sp³-hybridized carbons (Fsp3) is 0.696. The summed E-state index contributed by atoms with van der Waals surface area (Å²) < 4.78 is 17.1. The number of hydrogen-bond donors (Lipinski definition) is 2. The number of guanidine groups is 1. The van der Waals surface area contributed by atoms with Crippen LogP contribution in [0.4, 0.5) is 0 Å². The Hall–Kier alpha value is -1.26. The standard InChI is InChI=1S/C23H36N4O3.HI/c1-24-22(25-17-19-6-7-20-21(16-19)30-13-5-12-29-20)26-18-23(8-3-2-4-9-23)27-10-14-28-15-11-27;/h6-7,16H,2-5,8-15,17-18H2,1H3,(H2,24,25,26);1H. The summed E-state index contributed by atoms with van der Waals surface area (Å²) in [6.07, 6.45) is 7.38. The van der Waals surface area contributed by atoms with Crippen LogP contribution in [0.15, 0.2) is 23.2 Å². The lowest BCUT2D eigenvalue weighted by Gasteiger charge is -2.48. The molecule has 0 unspecified atom stereocenters. The molecule has 0 amide bonds. The molecule has 4 rings (SSSR count). The summed E-state index contributed by atoms with van der Waals surface area (Å²) in [5.41, 5.74) is 1.37. The van der Waals surface area contributed by atoms with Gasteiger partial charge < -0.3 is 24.8 Å². The zero-order valence-corrected chi connectivity index (χ0v) is 21.0. The Morgan fingerprint density at radius 1 is 0.968 bits per heavy atom. The summed E-state index contributed by atoms with van der Waals surface area (Å²) in [5.74, 6) is 2.52. The van der Waals surface area contributed by atoms with Gasteiger partial charge >= 0.3 is 0 Å². The second-order valence-corrected chi connectivity index (χ2v) is 8.50. The zero-order valence-electron chi connectivity index (χ0n) is 18.7. The van der Waals surface area contributed by atoms with E-state index in [0.717, 1.165) is 62.3 Å². The van der Waals surface area contributed by atoms with Crippen LogP contribution in [0.1, 0.15) is 44.1 Å². The number of halogens is 1. The minimum atomic E-state index is 0. The van der Waals surface area contributed by atoms with Crippen molar-refractivity contribution in [1.29, 1.82) is 0 Å². The predicted octanol–water partition coefficient (Wildman–Crippen LogP) is 3.17. The van der Waals surface area contributed by atoms with E-state index in [9.17, 15) is 0 Å². The van der Waals surface area contributed by atoms with Crippen molar-refractivity contribution in [1.82, 2.24) is 15.5 Å². The highest BCUT2D eigenvalue weighted by atomic mass is 127. The first-order valence-electron chi connectivity index (χ1n) is 11.4. The van der Waals surface area contributed by atoms with Gasteiger partial charge in [-0.15, -0.1) is 24.0 Å².